The van der Waals surface area contributed by atoms with E-state index in [-0.39, 0.29) is 28.8 Å². The average Bonchev–Trinajstić information content (AvgIpc) is 3.38. The third kappa shape index (κ3) is 4.90. The molecule has 190 valence electrons. The summed E-state index contributed by atoms with van der Waals surface area (Å²) in [6, 6.07) is 8.57. The molecule has 36 heavy (non-hydrogen) atoms. The van der Waals surface area contributed by atoms with Crippen LogP contribution in [0.2, 0.25) is 5.02 Å². The van der Waals surface area contributed by atoms with E-state index >= 15 is 0 Å². The normalized spacial score (nSPS) is 22.5. The van der Waals surface area contributed by atoms with Crippen molar-refractivity contribution in [1.82, 2.24) is 14.9 Å². The highest BCUT2D eigenvalue weighted by Gasteiger charge is 2.36. The van der Waals surface area contributed by atoms with Crippen molar-refractivity contribution in [2.75, 3.05) is 19.0 Å². The summed E-state index contributed by atoms with van der Waals surface area (Å²) in [7, 11) is 1.59. The number of ether oxygens (including phenoxy) is 2. The van der Waals surface area contributed by atoms with Gasteiger partial charge >= 0.3 is 0 Å². The Morgan fingerprint density at radius 3 is 2.72 bits per heavy atom. The molecule has 10 heteroatoms. The standard InChI is InChI=1S/C26H29ClFN5O3/c1-35-22-13-20-17(26(31-14-30-20)32-19-5-2-4-18(27)24(19)28)12-23(22)36-16-9-7-15(8-10-16)33-11-3-6-21(33)25(29)34/h2,4-5,12-16,21H,3,6-11H2,1H3,(H2,29,34)(H,30,31,32)/t15-,16-,21-/m0/s1. The average molecular weight is 514 g/mol. The van der Waals surface area contributed by atoms with E-state index in [1.807, 2.05) is 6.07 Å². The number of methoxy groups -OCH3 is 1. The number of anilines is 2. The monoisotopic (exact) mass is 513 g/mol. The summed E-state index contributed by atoms with van der Waals surface area (Å²) < 4.78 is 26.5. The predicted octanol–water partition coefficient (Wildman–Crippen LogP) is 4.81. The molecule has 1 aliphatic carbocycles. The number of hydrogen-bond donors (Lipinski definition) is 2. The minimum atomic E-state index is -0.552. The highest BCUT2D eigenvalue weighted by Crippen LogP contribution is 2.38. The molecule has 8 nitrogen and oxygen atoms in total. The summed E-state index contributed by atoms with van der Waals surface area (Å²) >= 11 is 5.94. The maximum absolute atomic E-state index is 14.5. The van der Waals surface area contributed by atoms with Gasteiger partial charge in [0.25, 0.3) is 0 Å². The first-order chi connectivity index (χ1) is 17.4. The number of benzene rings is 2. The van der Waals surface area contributed by atoms with Gasteiger partial charge in [-0.15, -0.1) is 0 Å². The van der Waals surface area contributed by atoms with Gasteiger partial charge in [-0.1, -0.05) is 17.7 Å². The van der Waals surface area contributed by atoms with Gasteiger partial charge in [0.1, 0.15) is 12.1 Å². The first-order valence-corrected chi connectivity index (χ1v) is 12.6. The molecular weight excluding hydrogens is 485 g/mol. The highest BCUT2D eigenvalue weighted by atomic mass is 35.5. The lowest BCUT2D eigenvalue weighted by Crippen LogP contribution is -2.47. The third-order valence-corrected chi connectivity index (χ3v) is 7.45. The van der Waals surface area contributed by atoms with Crippen LogP contribution in [-0.4, -0.2) is 52.6 Å². The van der Waals surface area contributed by atoms with Gasteiger partial charge in [0, 0.05) is 17.5 Å². The summed E-state index contributed by atoms with van der Waals surface area (Å²) in [5, 5.41) is 3.72. The van der Waals surface area contributed by atoms with Gasteiger partial charge in [-0.2, -0.15) is 0 Å². The summed E-state index contributed by atoms with van der Waals surface area (Å²) in [6.07, 6.45) is 6.87. The van der Waals surface area contributed by atoms with Gasteiger partial charge in [-0.25, -0.2) is 14.4 Å². The first-order valence-electron chi connectivity index (χ1n) is 12.2. The second kappa shape index (κ2) is 10.4. The third-order valence-electron chi connectivity index (χ3n) is 7.15. The zero-order valence-electron chi connectivity index (χ0n) is 20.0. The number of nitrogens with two attached hydrogens (primary N) is 1. The Morgan fingerprint density at radius 1 is 1.17 bits per heavy atom. The van der Waals surface area contributed by atoms with Crippen LogP contribution in [0, 0.1) is 5.82 Å². The lowest BCUT2D eigenvalue weighted by atomic mass is 9.91. The number of hydrogen-bond acceptors (Lipinski definition) is 7. The van der Waals surface area contributed by atoms with Gasteiger partial charge < -0.3 is 20.5 Å². The molecule has 2 fully saturated rings. The molecule has 0 radical (unpaired) electrons. The number of nitrogens with one attached hydrogen (secondary N) is 1. The van der Waals surface area contributed by atoms with Gasteiger partial charge in [-0.3, -0.25) is 9.69 Å². The Bertz CT molecular complexity index is 1270. The van der Waals surface area contributed by atoms with Crippen LogP contribution in [0.5, 0.6) is 11.5 Å². The number of aromatic nitrogens is 2. The Labute approximate surface area is 213 Å². The number of rotatable bonds is 7. The second-order valence-corrected chi connectivity index (χ2v) is 9.72. The van der Waals surface area contributed by atoms with Crippen molar-refractivity contribution in [1.29, 1.82) is 0 Å². The van der Waals surface area contributed by atoms with Crippen molar-refractivity contribution < 1.29 is 18.7 Å². The molecule has 2 heterocycles. The number of fused-ring (bicyclic) bond motifs is 1. The lowest BCUT2D eigenvalue weighted by Gasteiger charge is -2.37. The van der Waals surface area contributed by atoms with Crippen LogP contribution < -0.4 is 20.5 Å². The number of primary amides is 1. The minimum absolute atomic E-state index is 0.00800. The van der Waals surface area contributed by atoms with E-state index in [0.29, 0.717) is 34.3 Å². The second-order valence-electron chi connectivity index (χ2n) is 9.32. The molecule has 5 rings (SSSR count). The quantitative estimate of drug-likeness (QED) is 0.467. The van der Waals surface area contributed by atoms with Crippen molar-refractivity contribution in [3.8, 4) is 11.5 Å². The summed E-state index contributed by atoms with van der Waals surface area (Å²) in [4.78, 5) is 22.8. The van der Waals surface area contributed by atoms with Crippen LogP contribution in [0.3, 0.4) is 0 Å². The number of amides is 1. The smallest absolute Gasteiger partial charge is 0.234 e. The zero-order chi connectivity index (χ0) is 25.2. The molecule has 2 aliphatic rings. The van der Waals surface area contributed by atoms with Gasteiger partial charge in [-0.05, 0) is 63.3 Å². The predicted molar refractivity (Wildman–Crippen MR) is 136 cm³/mol. The van der Waals surface area contributed by atoms with Crippen LogP contribution in [0.15, 0.2) is 36.7 Å². The van der Waals surface area contributed by atoms with Crippen LogP contribution in [-0.2, 0) is 4.79 Å². The van der Waals surface area contributed by atoms with Gasteiger partial charge in [0.05, 0.1) is 35.5 Å². The molecule has 1 aromatic heterocycles. The fourth-order valence-electron chi connectivity index (χ4n) is 5.35. The van der Waals surface area contributed by atoms with Crippen LogP contribution in [0.25, 0.3) is 10.9 Å². The van der Waals surface area contributed by atoms with Crippen LogP contribution in [0.1, 0.15) is 38.5 Å². The first kappa shape index (κ1) is 24.5. The summed E-state index contributed by atoms with van der Waals surface area (Å²) in [5.41, 5.74) is 6.47. The molecule has 3 aromatic rings. The number of nitrogens with zero attached hydrogens (tertiary/aromatic N) is 3. The molecule has 1 aliphatic heterocycles. The van der Waals surface area contributed by atoms with E-state index in [9.17, 15) is 9.18 Å². The lowest BCUT2D eigenvalue weighted by molar-refractivity contribution is -0.123. The van der Waals surface area contributed by atoms with Crippen molar-refractivity contribution in [2.24, 2.45) is 5.73 Å². The SMILES string of the molecule is COc1cc2ncnc(Nc3cccc(Cl)c3F)c2cc1O[C@H]1CC[C@H](N2CCC[C@H]2C(N)=O)CC1. The number of halogens is 2. The fraction of sp³-hybridized carbons (Fsp3) is 0.423. The molecule has 1 saturated heterocycles. The van der Waals surface area contributed by atoms with E-state index in [1.165, 1.54) is 12.4 Å². The molecule has 3 N–H and O–H groups in total. The van der Waals surface area contributed by atoms with E-state index in [1.54, 1.807) is 25.3 Å². The van der Waals surface area contributed by atoms with E-state index in [4.69, 9.17) is 26.8 Å². The zero-order valence-corrected chi connectivity index (χ0v) is 20.8. The Hall–Kier alpha value is -3.17. The molecule has 0 bridgehead atoms. The van der Waals surface area contributed by atoms with Crippen LogP contribution >= 0.6 is 11.6 Å². The van der Waals surface area contributed by atoms with Crippen molar-refractivity contribution in [3.05, 3.63) is 47.5 Å². The van der Waals surface area contributed by atoms with E-state index < -0.39 is 5.82 Å². The molecular formula is C26H29ClFN5O3. The van der Waals surface area contributed by atoms with E-state index in [2.05, 4.69) is 20.2 Å². The molecule has 1 saturated carbocycles. The van der Waals surface area contributed by atoms with Crippen molar-refractivity contribution >= 4 is 39.9 Å². The van der Waals surface area contributed by atoms with Crippen LogP contribution in [0.4, 0.5) is 15.9 Å². The fourth-order valence-corrected chi connectivity index (χ4v) is 5.52. The largest absolute Gasteiger partial charge is 0.493 e. The summed E-state index contributed by atoms with van der Waals surface area (Å²) in [6.45, 7) is 0.922. The highest BCUT2D eigenvalue weighted by molar-refractivity contribution is 6.31. The molecule has 2 aromatic carbocycles. The van der Waals surface area contributed by atoms with Crippen molar-refractivity contribution in [3.63, 3.8) is 0 Å². The molecule has 1 atom stereocenters. The Balaban J connectivity index is 1.35. The molecule has 0 spiro atoms. The minimum Gasteiger partial charge on any atom is -0.493 e. The number of carbonyl (C=O) groups is 1. The topological polar surface area (TPSA) is 103 Å². The number of carbonyl (C=O) groups excluding carboxylic acids is 1. The Kier molecular flexibility index (Phi) is 7.11. The van der Waals surface area contributed by atoms with Gasteiger partial charge in [0.2, 0.25) is 5.91 Å². The number of likely N-dealkylation sites (tertiary alicyclic amines) is 1. The maximum atomic E-state index is 14.5. The summed E-state index contributed by atoms with van der Waals surface area (Å²) in [5.74, 6) is 0.801. The maximum Gasteiger partial charge on any atom is 0.234 e. The molecule has 1 amide bonds. The van der Waals surface area contributed by atoms with Crippen molar-refractivity contribution in [2.45, 2.75) is 56.7 Å². The van der Waals surface area contributed by atoms with E-state index in [0.717, 1.165) is 45.1 Å². The van der Waals surface area contributed by atoms with Gasteiger partial charge in [0.15, 0.2) is 17.3 Å². The Morgan fingerprint density at radius 2 is 1.97 bits per heavy atom. The molecule has 0 unspecified atom stereocenters.